The number of phenolic OH excluding ortho intramolecular Hbond substituents is 1. The van der Waals surface area contributed by atoms with Crippen molar-refractivity contribution < 1.29 is 14.9 Å². The smallest absolute Gasteiger partial charge is 0.131 e. The average Bonchev–Trinajstić information content (AvgIpc) is 2.51. The standard InChI is InChI=1S/C19H23NO3/c1-19(2)18(22)17(15-8-3-4-9-16(15)23-19)20-11-10-13-6-5-7-14(21)12-13/h3-9,12,17-18,20-22H,10-11H2,1-2H3. The van der Waals surface area contributed by atoms with Crippen LogP contribution in [0.5, 0.6) is 11.5 Å². The number of benzene rings is 2. The van der Waals surface area contributed by atoms with Crippen molar-refractivity contribution in [2.45, 2.75) is 38.0 Å². The van der Waals surface area contributed by atoms with Gasteiger partial charge in [-0.1, -0.05) is 30.3 Å². The van der Waals surface area contributed by atoms with Gasteiger partial charge in [0.25, 0.3) is 0 Å². The first-order chi connectivity index (χ1) is 11.0. The summed E-state index contributed by atoms with van der Waals surface area (Å²) in [6.07, 6.45) is 0.141. The Morgan fingerprint density at radius 1 is 1.13 bits per heavy atom. The number of aliphatic hydroxyl groups excluding tert-OH is 1. The second-order valence-corrected chi connectivity index (χ2v) is 6.54. The van der Waals surface area contributed by atoms with Crippen molar-refractivity contribution in [3.8, 4) is 11.5 Å². The molecule has 122 valence electrons. The summed E-state index contributed by atoms with van der Waals surface area (Å²) in [5.41, 5.74) is 1.40. The van der Waals surface area contributed by atoms with Crippen LogP contribution in [0.4, 0.5) is 0 Å². The molecule has 0 saturated carbocycles. The Bertz CT molecular complexity index is 684. The first-order valence-electron chi connectivity index (χ1n) is 7.95. The molecule has 3 rings (SSSR count). The number of para-hydroxylation sites is 1. The number of nitrogens with one attached hydrogen (secondary N) is 1. The largest absolute Gasteiger partial charge is 0.508 e. The van der Waals surface area contributed by atoms with E-state index >= 15 is 0 Å². The van der Waals surface area contributed by atoms with E-state index in [0.29, 0.717) is 6.54 Å². The van der Waals surface area contributed by atoms with Crippen LogP contribution in [0.1, 0.15) is 31.0 Å². The van der Waals surface area contributed by atoms with Gasteiger partial charge in [-0.15, -0.1) is 0 Å². The van der Waals surface area contributed by atoms with Gasteiger partial charge in [0.2, 0.25) is 0 Å². The summed E-state index contributed by atoms with van der Waals surface area (Å²) in [5, 5.41) is 23.6. The second kappa shape index (κ2) is 6.22. The van der Waals surface area contributed by atoms with Gasteiger partial charge >= 0.3 is 0 Å². The van der Waals surface area contributed by atoms with Crippen molar-refractivity contribution in [2.75, 3.05) is 6.54 Å². The van der Waals surface area contributed by atoms with Gasteiger partial charge in [-0.25, -0.2) is 0 Å². The first kappa shape index (κ1) is 15.8. The van der Waals surface area contributed by atoms with Gasteiger partial charge in [-0.3, -0.25) is 0 Å². The number of aliphatic hydroxyl groups is 1. The summed E-state index contributed by atoms with van der Waals surface area (Å²) in [7, 11) is 0. The molecule has 2 unspecified atom stereocenters. The van der Waals surface area contributed by atoms with Crippen LogP contribution >= 0.6 is 0 Å². The van der Waals surface area contributed by atoms with E-state index < -0.39 is 11.7 Å². The number of hydrogen-bond donors (Lipinski definition) is 3. The SMILES string of the molecule is CC1(C)Oc2ccccc2C(NCCc2cccc(O)c2)C1O. The maximum atomic E-state index is 10.7. The molecule has 2 aromatic rings. The van der Waals surface area contributed by atoms with Gasteiger partial charge in [0, 0.05) is 5.56 Å². The third-order valence-electron chi connectivity index (χ3n) is 4.34. The minimum atomic E-state index is -0.642. The van der Waals surface area contributed by atoms with Crippen molar-refractivity contribution in [3.05, 3.63) is 59.7 Å². The lowest BCUT2D eigenvalue weighted by atomic mass is 9.86. The van der Waals surface area contributed by atoms with Gasteiger partial charge < -0.3 is 20.3 Å². The molecule has 1 aliphatic rings. The molecule has 23 heavy (non-hydrogen) atoms. The zero-order chi connectivity index (χ0) is 16.4. The van der Waals surface area contributed by atoms with E-state index in [1.54, 1.807) is 12.1 Å². The zero-order valence-corrected chi connectivity index (χ0v) is 13.5. The fourth-order valence-corrected chi connectivity index (χ4v) is 3.05. The number of phenols is 1. The summed E-state index contributed by atoms with van der Waals surface area (Å²) in [6.45, 7) is 4.50. The zero-order valence-electron chi connectivity index (χ0n) is 13.5. The van der Waals surface area contributed by atoms with Gasteiger partial charge in [0.15, 0.2) is 0 Å². The van der Waals surface area contributed by atoms with Gasteiger partial charge in [0.05, 0.1) is 6.04 Å². The molecule has 0 aromatic heterocycles. The maximum absolute atomic E-state index is 10.7. The minimum absolute atomic E-state index is 0.174. The van der Waals surface area contributed by atoms with Crippen molar-refractivity contribution in [3.63, 3.8) is 0 Å². The van der Waals surface area contributed by atoms with E-state index in [1.807, 2.05) is 50.2 Å². The highest BCUT2D eigenvalue weighted by Gasteiger charge is 2.42. The molecule has 0 amide bonds. The van der Waals surface area contributed by atoms with Gasteiger partial charge in [0.1, 0.15) is 23.2 Å². The number of ether oxygens (including phenoxy) is 1. The summed E-state index contributed by atoms with van der Waals surface area (Å²) < 4.78 is 5.92. The molecule has 1 heterocycles. The molecule has 4 nitrogen and oxygen atoms in total. The number of aromatic hydroxyl groups is 1. The molecule has 2 atom stereocenters. The highest BCUT2D eigenvalue weighted by Crippen LogP contribution is 2.39. The van der Waals surface area contributed by atoms with Crippen molar-refractivity contribution in [2.24, 2.45) is 0 Å². The molecule has 0 radical (unpaired) electrons. The van der Waals surface area contributed by atoms with Crippen molar-refractivity contribution in [1.82, 2.24) is 5.32 Å². The normalized spacial score (nSPS) is 22.2. The fourth-order valence-electron chi connectivity index (χ4n) is 3.05. The maximum Gasteiger partial charge on any atom is 0.131 e. The van der Waals surface area contributed by atoms with Crippen LogP contribution < -0.4 is 10.1 Å². The van der Waals surface area contributed by atoms with Crippen LogP contribution in [-0.2, 0) is 6.42 Å². The van der Waals surface area contributed by atoms with E-state index in [4.69, 9.17) is 4.74 Å². The summed E-state index contributed by atoms with van der Waals surface area (Å²) in [4.78, 5) is 0. The van der Waals surface area contributed by atoms with Gasteiger partial charge in [-0.05, 0) is 50.6 Å². The lowest BCUT2D eigenvalue weighted by Crippen LogP contribution is -2.52. The lowest BCUT2D eigenvalue weighted by Gasteiger charge is -2.42. The lowest BCUT2D eigenvalue weighted by molar-refractivity contribution is -0.0643. The molecular formula is C19H23NO3. The molecule has 0 fully saturated rings. The summed E-state index contributed by atoms with van der Waals surface area (Å²) in [5.74, 6) is 1.10. The fraction of sp³-hybridized carbons (Fsp3) is 0.368. The highest BCUT2D eigenvalue weighted by molar-refractivity contribution is 5.40. The molecule has 4 heteroatoms. The predicted octanol–water partition coefficient (Wildman–Crippen LogP) is 2.80. The Kier molecular flexibility index (Phi) is 4.28. The van der Waals surface area contributed by atoms with E-state index in [2.05, 4.69) is 5.32 Å². The van der Waals surface area contributed by atoms with E-state index in [0.717, 1.165) is 23.3 Å². The molecule has 0 aliphatic carbocycles. The quantitative estimate of drug-likeness (QED) is 0.812. The second-order valence-electron chi connectivity index (χ2n) is 6.54. The van der Waals surface area contributed by atoms with E-state index in [-0.39, 0.29) is 11.8 Å². The molecule has 2 aromatic carbocycles. The Morgan fingerprint density at radius 2 is 1.91 bits per heavy atom. The monoisotopic (exact) mass is 313 g/mol. The predicted molar refractivity (Wildman–Crippen MR) is 89.7 cm³/mol. The molecular weight excluding hydrogens is 290 g/mol. The third kappa shape index (κ3) is 3.33. The van der Waals surface area contributed by atoms with Crippen molar-refractivity contribution >= 4 is 0 Å². The minimum Gasteiger partial charge on any atom is -0.508 e. The van der Waals surface area contributed by atoms with Gasteiger partial charge in [-0.2, -0.15) is 0 Å². The topological polar surface area (TPSA) is 61.7 Å². The summed E-state index contributed by atoms with van der Waals surface area (Å²) >= 11 is 0. The Labute approximate surface area is 136 Å². The molecule has 0 bridgehead atoms. The van der Waals surface area contributed by atoms with Crippen LogP contribution in [0.15, 0.2) is 48.5 Å². The van der Waals surface area contributed by atoms with Crippen LogP contribution in [0, 0.1) is 0 Å². The average molecular weight is 313 g/mol. The highest BCUT2D eigenvalue weighted by atomic mass is 16.5. The van der Waals surface area contributed by atoms with E-state index in [9.17, 15) is 10.2 Å². The Hall–Kier alpha value is -2.04. The number of fused-ring (bicyclic) bond motifs is 1. The van der Waals surface area contributed by atoms with Crippen LogP contribution in [0.3, 0.4) is 0 Å². The van der Waals surface area contributed by atoms with Crippen LogP contribution in [0.2, 0.25) is 0 Å². The van der Waals surface area contributed by atoms with Crippen LogP contribution in [-0.4, -0.2) is 28.5 Å². The molecule has 3 N–H and O–H groups in total. The molecule has 1 aliphatic heterocycles. The first-order valence-corrected chi connectivity index (χ1v) is 7.95. The molecule has 0 saturated heterocycles. The third-order valence-corrected chi connectivity index (χ3v) is 4.34. The number of rotatable bonds is 4. The van der Waals surface area contributed by atoms with E-state index in [1.165, 1.54) is 0 Å². The van der Waals surface area contributed by atoms with Crippen molar-refractivity contribution in [1.29, 1.82) is 0 Å². The summed E-state index contributed by atoms with van der Waals surface area (Å²) in [6, 6.07) is 14.9. The van der Waals surface area contributed by atoms with Crippen LogP contribution in [0.25, 0.3) is 0 Å². The molecule has 0 spiro atoms. The Morgan fingerprint density at radius 3 is 2.70 bits per heavy atom. The number of hydrogen-bond acceptors (Lipinski definition) is 4. The Balaban J connectivity index is 1.73.